The van der Waals surface area contributed by atoms with E-state index in [4.69, 9.17) is 5.11 Å². The van der Waals surface area contributed by atoms with E-state index in [9.17, 15) is 4.79 Å². The van der Waals surface area contributed by atoms with Crippen LogP contribution in [0.1, 0.15) is 5.56 Å². The van der Waals surface area contributed by atoms with Crippen molar-refractivity contribution >= 4 is 17.5 Å². The van der Waals surface area contributed by atoms with Gasteiger partial charge in [0.25, 0.3) is 0 Å². The first-order valence-corrected chi connectivity index (χ1v) is 8.33. The van der Waals surface area contributed by atoms with Crippen LogP contribution in [0.15, 0.2) is 54.6 Å². The van der Waals surface area contributed by atoms with Gasteiger partial charge in [-0.05, 0) is 24.1 Å². The second-order valence-corrected chi connectivity index (χ2v) is 5.94. The van der Waals surface area contributed by atoms with Crippen LogP contribution in [0.3, 0.4) is 0 Å². The summed E-state index contributed by atoms with van der Waals surface area (Å²) >= 11 is 0. The lowest BCUT2D eigenvalue weighted by molar-refractivity contribution is 0.142. The zero-order valence-electron chi connectivity index (χ0n) is 13.7. The topological polar surface area (TPSA) is 55.8 Å². The highest BCUT2D eigenvalue weighted by molar-refractivity contribution is 5.71. The Morgan fingerprint density at radius 1 is 0.958 bits per heavy atom. The van der Waals surface area contributed by atoms with Gasteiger partial charge in [0.1, 0.15) is 0 Å². The molecule has 0 spiro atoms. The van der Waals surface area contributed by atoms with Crippen LogP contribution in [-0.4, -0.2) is 48.8 Å². The van der Waals surface area contributed by atoms with Gasteiger partial charge in [0.15, 0.2) is 0 Å². The number of hydrogen-bond acceptors (Lipinski definition) is 3. The molecule has 126 valence electrons. The van der Waals surface area contributed by atoms with E-state index in [1.165, 1.54) is 10.5 Å². The van der Waals surface area contributed by atoms with E-state index in [2.05, 4.69) is 46.6 Å². The summed E-state index contributed by atoms with van der Waals surface area (Å²) in [6.45, 7) is 3.42. The first kappa shape index (κ1) is 16.2. The van der Waals surface area contributed by atoms with Crippen LogP contribution in [0.25, 0.3) is 0 Å². The third-order valence-corrected chi connectivity index (χ3v) is 4.37. The van der Waals surface area contributed by atoms with Gasteiger partial charge >= 0.3 is 6.09 Å². The molecule has 0 aliphatic carbocycles. The molecule has 0 bridgehead atoms. The zero-order valence-corrected chi connectivity index (χ0v) is 13.7. The van der Waals surface area contributed by atoms with Crippen molar-refractivity contribution in [3.8, 4) is 0 Å². The van der Waals surface area contributed by atoms with E-state index < -0.39 is 6.09 Å². The maximum atomic E-state index is 11.0. The summed E-state index contributed by atoms with van der Waals surface area (Å²) in [5, 5.41) is 12.6. The van der Waals surface area contributed by atoms with E-state index in [0.29, 0.717) is 13.1 Å². The fourth-order valence-electron chi connectivity index (χ4n) is 3.02. The number of amides is 1. The van der Waals surface area contributed by atoms with E-state index in [1.807, 2.05) is 18.2 Å². The van der Waals surface area contributed by atoms with Gasteiger partial charge in [0.2, 0.25) is 0 Å². The summed E-state index contributed by atoms with van der Waals surface area (Å²) in [7, 11) is 0. The number of para-hydroxylation sites is 2. The number of carboxylic acid groups (broad SMARTS) is 1. The first-order valence-electron chi connectivity index (χ1n) is 8.33. The monoisotopic (exact) mass is 325 g/mol. The van der Waals surface area contributed by atoms with E-state index >= 15 is 0 Å². The Labute approximate surface area is 142 Å². The fraction of sp³-hybridized carbons (Fsp3) is 0.316. The number of piperazine rings is 1. The third kappa shape index (κ3) is 3.98. The number of anilines is 2. The lowest BCUT2D eigenvalue weighted by Crippen LogP contribution is -2.48. The lowest BCUT2D eigenvalue weighted by atomic mass is 10.1. The van der Waals surface area contributed by atoms with Crippen molar-refractivity contribution in [3.05, 3.63) is 60.2 Å². The van der Waals surface area contributed by atoms with E-state index in [1.54, 1.807) is 0 Å². The molecular formula is C19H23N3O2. The molecule has 1 aliphatic rings. The summed E-state index contributed by atoms with van der Waals surface area (Å²) < 4.78 is 0. The van der Waals surface area contributed by atoms with Gasteiger partial charge in [0.05, 0.1) is 11.4 Å². The third-order valence-electron chi connectivity index (χ3n) is 4.37. The minimum absolute atomic E-state index is 0.549. The second kappa shape index (κ2) is 7.73. The van der Waals surface area contributed by atoms with Crippen LogP contribution in [0, 0.1) is 0 Å². The predicted molar refractivity (Wildman–Crippen MR) is 96.9 cm³/mol. The predicted octanol–water partition coefficient (Wildman–Crippen LogP) is 3.14. The molecule has 2 N–H and O–H groups in total. The standard InChI is InChI=1S/C19H23N3O2/c23-19(24)22-14-12-21(13-15-22)18-9-5-4-8-17(18)20-11-10-16-6-2-1-3-7-16/h1-9,20H,10-15H2,(H,23,24). The minimum Gasteiger partial charge on any atom is -0.465 e. The van der Waals surface area contributed by atoms with Crippen molar-refractivity contribution in [3.63, 3.8) is 0 Å². The molecule has 5 nitrogen and oxygen atoms in total. The summed E-state index contributed by atoms with van der Waals surface area (Å²) in [4.78, 5) is 14.8. The van der Waals surface area contributed by atoms with Crippen LogP contribution in [-0.2, 0) is 6.42 Å². The molecule has 0 aromatic heterocycles. The zero-order chi connectivity index (χ0) is 16.8. The average Bonchev–Trinajstić information content (AvgIpc) is 2.63. The van der Waals surface area contributed by atoms with Crippen molar-refractivity contribution in [2.24, 2.45) is 0 Å². The van der Waals surface area contributed by atoms with Gasteiger partial charge in [-0.1, -0.05) is 42.5 Å². The Kier molecular flexibility index (Phi) is 5.21. The molecule has 1 amide bonds. The molecule has 0 saturated carbocycles. The number of hydrogen-bond donors (Lipinski definition) is 2. The molecular weight excluding hydrogens is 302 g/mol. The van der Waals surface area contributed by atoms with Crippen molar-refractivity contribution in [1.82, 2.24) is 4.90 Å². The molecule has 5 heteroatoms. The molecule has 2 aromatic carbocycles. The maximum absolute atomic E-state index is 11.0. The highest BCUT2D eigenvalue weighted by Crippen LogP contribution is 2.26. The van der Waals surface area contributed by atoms with Crippen molar-refractivity contribution in [2.45, 2.75) is 6.42 Å². The van der Waals surface area contributed by atoms with Crippen LogP contribution < -0.4 is 10.2 Å². The van der Waals surface area contributed by atoms with Gasteiger partial charge in [-0.2, -0.15) is 0 Å². The van der Waals surface area contributed by atoms with Crippen LogP contribution in [0.2, 0.25) is 0 Å². The molecule has 1 heterocycles. The van der Waals surface area contributed by atoms with Crippen molar-refractivity contribution in [1.29, 1.82) is 0 Å². The number of nitrogens with one attached hydrogen (secondary N) is 1. The summed E-state index contributed by atoms with van der Waals surface area (Å²) in [6.07, 6.45) is 0.144. The van der Waals surface area contributed by atoms with Gasteiger partial charge in [-0.3, -0.25) is 0 Å². The quantitative estimate of drug-likeness (QED) is 0.887. The van der Waals surface area contributed by atoms with Gasteiger partial charge in [-0.25, -0.2) is 4.79 Å². The van der Waals surface area contributed by atoms with Gasteiger partial charge in [-0.15, -0.1) is 0 Å². The normalized spacial score (nSPS) is 14.5. The lowest BCUT2D eigenvalue weighted by Gasteiger charge is -2.35. The van der Waals surface area contributed by atoms with Crippen LogP contribution in [0.5, 0.6) is 0 Å². The Bertz CT molecular complexity index is 667. The molecule has 24 heavy (non-hydrogen) atoms. The number of carbonyl (C=O) groups is 1. The number of benzene rings is 2. The van der Waals surface area contributed by atoms with Gasteiger partial charge in [0, 0.05) is 32.7 Å². The SMILES string of the molecule is O=C(O)N1CCN(c2ccccc2NCCc2ccccc2)CC1. The smallest absolute Gasteiger partial charge is 0.407 e. The molecule has 0 atom stereocenters. The van der Waals surface area contributed by atoms with Crippen LogP contribution >= 0.6 is 0 Å². The Morgan fingerprint density at radius 3 is 2.33 bits per heavy atom. The molecule has 1 saturated heterocycles. The highest BCUT2D eigenvalue weighted by Gasteiger charge is 2.21. The molecule has 0 unspecified atom stereocenters. The molecule has 1 fully saturated rings. The number of nitrogens with zero attached hydrogens (tertiary/aromatic N) is 2. The molecule has 3 rings (SSSR count). The van der Waals surface area contributed by atoms with Crippen LogP contribution in [0.4, 0.5) is 16.2 Å². The fourth-order valence-corrected chi connectivity index (χ4v) is 3.02. The highest BCUT2D eigenvalue weighted by atomic mass is 16.4. The average molecular weight is 325 g/mol. The summed E-state index contributed by atoms with van der Waals surface area (Å²) in [5.74, 6) is 0. The Morgan fingerprint density at radius 2 is 1.62 bits per heavy atom. The van der Waals surface area contributed by atoms with Gasteiger partial charge < -0.3 is 20.2 Å². The molecule has 1 aliphatic heterocycles. The number of rotatable bonds is 5. The largest absolute Gasteiger partial charge is 0.465 e. The Balaban J connectivity index is 1.60. The van der Waals surface area contributed by atoms with E-state index in [0.717, 1.165) is 37.4 Å². The summed E-state index contributed by atoms with van der Waals surface area (Å²) in [6, 6.07) is 18.7. The maximum Gasteiger partial charge on any atom is 0.407 e. The molecule has 0 radical (unpaired) electrons. The molecule has 2 aromatic rings. The minimum atomic E-state index is -0.830. The second-order valence-electron chi connectivity index (χ2n) is 5.94. The Hall–Kier alpha value is -2.69. The summed E-state index contributed by atoms with van der Waals surface area (Å²) in [5.41, 5.74) is 3.57. The van der Waals surface area contributed by atoms with Crippen molar-refractivity contribution in [2.75, 3.05) is 42.9 Å². The van der Waals surface area contributed by atoms with Crippen molar-refractivity contribution < 1.29 is 9.90 Å². The van der Waals surface area contributed by atoms with E-state index in [-0.39, 0.29) is 0 Å². The first-order chi connectivity index (χ1) is 11.7.